The van der Waals surface area contributed by atoms with Gasteiger partial charge in [0, 0.05) is 18.0 Å². The van der Waals surface area contributed by atoms with E-state index in [9.17, 15) is 13.6 Å². The van der Waals surface area contributed by atoms with Crippen molar-refractivity contribution in [1.29, 1.82) is 0 Å². The Balaban J connectivity index is 0.00000242. The van der Waals surface area contributed by atoms with Crippen LogP contribution in [0.4, 0.5) is 8.78 Å². The predicted octanol–water partition coefficient (Wildman–Crippen LogP) is 3.47. The Morgan fingerprint density at radius 1 is 1.41 bits per heavy atom. The average Bonchev–Trinajstić information content (AvgIpc) is 2.84. The number of carbonyl (C=O) groups is 1. The second kappa shape index (κ2) is 8.44. The molecule has 124 valence electrons. The molecule has 22 heavy (non-hydrogen) atoms. The van der Waals surface area contributed by atoms with Crippen molar-refractivity contribution in [2.75, 3.05) is 0 Å². The van der Waals surface area contributed by atoms with E-state index in [0.29, 0.717) is 12.8 Å². The first-order chi connectivity index (χ1) is 10.0. The van der Waals surface area contributed by atoms with E-state index in [1.54, 1.807) is 0 Å². The number of hydrogen-bond donors (Lipinski definition) is 2. The molecule has 1 saturated carbocycles. The Morgan fingerprint density at radius 3 is 2.73 bits per heavy atom. The highest BCUT2D eigenvalue weighted by molar-refractivity contribution is 5.85. The topological polar surface area (TPSA) is 55.1 Å². The summed E-state index contributed by atoms with van der Waals surface area (Å²) in [6, 6.07) is 2.87. The number of hydrogen-bond acceptors (Lipinski definition) is 2. The van der Waals surface area contributed by atoms with Crippen LogP contribution in [0.15, 0.2) is 18.2 Å². The lowest BCUT2D eigenvalue weighted by Crippen LogP contribution is -2.33. The minimum absolute atomic E-state index is 0. The number of amides is 1. The molecule has 1 fully saturated rings. The quantitative estimate of drug-likeness (QED) is 0.867. The zero-order valence-electron chi connectivity index (χ0n) is 12.6. The van der Waals surface area contributed by atoms with E-state index in [1.807, 2.05) is 6.92 Å². The van der Waals surface area contributed by atoms with Gasteiger partial charge in [0.05, 0.1) is 6.04 Å². The summed E-state index contributed by atoms with van der Waals surface area (Å²) in [5.74, 6) is -0.953. The lowest BCUT2D eigenvalue weighted by atomic mass is 9.98. The van der Waals surface area contributed by atoms with Crippen molar-refractivity contribution in [2.45, 2.75) is 51.1 Å². The molecule has 0 radical (unpaired) electrons. The van der Waals surface area contributed by atoms with Gasteiger partial charge in [0.1, 0.15) is 11.6 Å². The van der Waals surface area contributed by atoms with Crippen LogP contribution in [0.5, 0.6) is 0 Å². The van der Waals surface area contributed by atoms with Gasteiger partial charge in [-0.05, 0) is 43.4 Å². The van der Waals surface area contributed by atoms with E-state index in [0.717, 1.165) is 37.5 Å². The molecule has 0 saturated heterocycles. The molecular formula is C16H23ClF2N2O. The van der Waals surface area contributed by atoms with Gasteiger partial charge < -0.3 is 11.1 Å². The van der Waals surface area contributed by atoms with E-state index in [4.69, 9.17) is 5.73 Å². The second-order valence-corrected chi connectivity index (χ2v) is 5.75. The molecular weight excluding hydrogens is 310 g/mol. The fourth-order valence-corrected chi connectivity index (χ4v) is 2.99. The molecule has 0 spiro atoms. The summed E-state index contributed by atoms with van der Waals surface area (Å²) in [5, 5.41) is 2.80. The lowest BCUT2D eigenvalue weighted by Gasteiger charge is -2.20. The minimum atomic E-state index is -0.508. The third kappa shape index (κ3) is 4.65. The molecule has 3 atom stereocenters. The van der Waals surface area contributed by atoms with Crippen molar-refractivity contribution in [2.24, 2.45) is 11.7 Å². The van der Waals surface area contributed by atoms with Gasteiger partial charge in [-0.2, -0.15) is 0 Å². The Labute approximate surface area is 136 Å². The van der Waals surface area contributed by atoms with Crippen LogP contribution in [0, 0.1) is 17.6 Å². The smallest absolute Gasteiger partial charge is 0.220 e. The van der Waals surface area contributed by atoms with Gasteiger partial charge in [0.25, 0.3) is 0 Å². The summed E-state index contributed by atoms with van der Waals surface area (Å²) >= 11 is 0. The maximum absolute atomic E-state index is 13.8. The van der Waals surface area contributed by atoms with Crippen molar-refractivity contribution in [3.63, 3.8) is 0 Å². The number of halogens is 3. The summed E-state index contributed by atoms with van der Waals surface area (Å²) in [6.07, 6.45) is 3.82. The van der Waals surface area contributed by atoms with Crippen molar-refractivity contribution in [1.82, 2.24) is 5.32 Å². The molecule has 1 aromatic carbocycles. The number of nitrogens with two attached hydrogens (primary N) is 1. The van der Waals surface area contributed by atoms with Gasteiger partial charge in [-0.15, -0.1) is 12.4 Å². The predicted molar refractivity (Wildman–Crippen MR) is 84.7 cm³/mol. The number of carbonyl (C=O) groups excluding carboxylic acids is 1. The molecule has 1 aliphatic carbocycles. The SMILES string of the molecule is CCC(NC(=O)C[C@@H]1CCC[C@H]1N)c1cc(F)ccc1F.Cl. The second-order valence-electron chi connectivity index (χ2n) is 5.75. The zero-order chi connectivity index (χ0) is 15.4. The van der Waals surface area contributed by atoms with Gasteiger partial charge in [0.15, 0.2) is 0 Å². The first kappa shape index (κ1) is 18.8. The Bertz CT molecular complexity index is 513. The number of benzene rings is 1. The summed E-state index contributed by atoms with van der Waals surface area (Å²) in [6.45, 7) is 1.83. The molecule has 1 unspecified atom stereocenters. The van der Waals surface area contributed by atoms with Crippen LogP contribution in [0.1, 0.15) is 50.6 Å². The van der Waals surface area contributed by atoms with E-state index >= 15 is 0 Å². The Hall–Kier alpha value is -1.20. The van der Waals surface area contributed by atoms with Gasteiger partial charge in [0.2, 0.25) is 5.91 Å². The fourth-order valence-electron chi connectivity index (χ4n) is 2.99. The Morgan fingerprint density at radius 2 is 2.14 bits per heavy atom. The van der Waals surface area contributed by atoms with Crippen molar-refractivity contribution in [3.05, 3.63) is 35.4 Å². The van der Waals surface area contributed by atoms with Gasteiger partial charge in [-0.25, -0.2) is 8.78 Å². The maximum Gasteiger partial charge on any atom is 0.220 e. The van der Waals surface area contributed by atoms with Crippen LogP contribution in [-0.4, -0.2) is 11.9 Å². The highest BCUT2D eigenvalue weighted by Crippen LogP contribution is 2.27. The summed E-state index contributed by atoms with van der Waals surface area (Å²) < 4.78 is 27.1. The molecule has 0 bridgehead atoms. The highest BCUT2D eigenvalue weighted by Gasteiger charge is 2.27. The van der Waals surface area contributed by atoms with Crippen LogP contribution in [0.25, 0.3) is 0 Å². The van der Waals surface area contributed by atoms with Crippen molar-refractivity contribution in [3.8, 4) is 0 Å². The van der Waals surface area contributed by atoms with Gasteiger partial charge in [-0.3, -0.25) is 4.79 Å². The molecule has 6 heteroatoms. The van der Waals surface area contributed by atoms with E-state index in [-0.39, 0.29) is 35.8 Å². The lowest BCUT2D eigenvalue weighted by molar-refractivity contribution is -0.122. The fraction of sp³-hybridized carbons (Fsp3) is 0.562. The minimum Gasteiger partial charge on any atom is -0.349 e. The summed E-state index contributed by atoms with van der Waals surface area (Å²) in [7, 11) is 0. The van der Waals surface area contributed by atoms with Crippen LogP contribution < -0.4 is 11.1 Å². The molecule has 0 aliphatic heterocycles. The highest BCUT2D eigenvalue weighted by atomic mass is 35.5. The first-order valence-corrected chi connectivity index (χ1v) is 7.51. The summed E-state index contributed by atoms with van der Waals surface area (Å²) in [4.78, 5) is 12.1. The van der Waals surface area contributed by atoms with E-state index in [2.05, 4.69) is 5.32 Å². The molecule has 3 nitrogen and oxygen atoms in total. The van der Waals surface area contributed by atoms with Gasteiger partial charge >= 0.3 is 0 Å². The largest absolute Gasteiger partial charge is 0.349 e. The maximum atomic E-state index is 13.8. The third-order valence-electron chi connectivity index (χ3n) is 4.24. The molecule has 1 aromatic rings. The summed E-state index contributed by atoms with van der Waals surface area (Å²) in [5.41, 5.74) is 6.15. The molecule has 0 heterocycles. The number of nitrogens with one attached hydrogen (secondary N) is 1. The molecule has 3 N–H and O–H groups in total. The van der Waals surface area contributed by atoms with E-state index < -0.39 is 17.7 Å². The molecule has 1 amide bonds. The van der Waals surface area contributed by atoms with Crippen LogP contribution >= 0.6 is 12.4 Å². The molecule has 1 aliphatic rings. The van der Waals surface area contributed by atoms with Crippen LogP contribution in [-0.2, 0) is 4.79 Å². The molecule has 2 rings (SSSR count). The first-order valence-electron chi connectivity index (χ1n) is 7.51. The van der Waals surface area contributed by atoms with Crippen LogP contribution in [0.3, 0.4) is 0 Å². The average molecular weight is 333 g/mol. The molecule has 0 aromatic heterocycles. The van der Waals surface area contributed by atoms with Crippen molar-refractivity contribution < 1.29 is 13.6 Å². The zero-order valence-corrected chi connectivity index (χ0v) is 13.5. The standard InChI is InChI=1S/C16H22F2N2O.ClH/c1-2-15(12-9-11(17)6-7-13(12)18)20-16(21)8-10-4-3-5-14(10)19;/h6-7,9-10,14-15H,2-5,8,19H2,1H3,(H,20,21);1H/t10-,14+,15?;/m0./s1. The Kier molecular flexibility index (Phi) is 7.23. The van der Waals surface area contributed by atoms with Crippen LogP contribution in [0.2, 0.25) is 0 Å². The number of rotatable bonds is 5. The monoisotopic (exact) mass is 332 g/mol. The van der Waals surface area contributed by atoms with E-state index in [1.165, 1.54) is 0 Å². The normalized spacial score (nSPS) is 22.0. The van der Waals surface area contributed by atoms with Gasteiger partial charge in [-0.1, -0.05) is 13.3 Å². The van der Waals surface area contributed by atoms with Crippen molar-refractivity contribution >= 4 is 18.3 Å². The third-order valence-corrected chi connectivity index (χ3v) is 4.24.